The normalized spacial score (nSPS) is 11.0. The molecule has 2 N–H and O–H groups in total. The molecule has 0 bridgehead atoms. The van der Waals surface area contributed by atoms with Gasteiger partial charge in [0.05, 0.1) is 10.6 Å². The third kappa shape index (κ3) is 4.72. The van der Waals surface area contributed by atoms with E-state index in [4.69, 9.17) is 0 Å². The standard InChI is InChI=1S/C19H16BrN3O3S/c1-13-12-15(20)4-7-18(13)22-19(24)14-2-5-17(6-3-14)27(25,26)23-16-8-10-21-11-9-16/h2-12H,1H3,(H,21,23)(H,22,24). The molecule has 0 spiro atoms. The highest BCUT2D eigenvalue weighted by Crippen LogP contribution is 2.21. The molecule has 0 fully saturated rings. The first-order valence-electron chi connectivity index (χ1n) is 7.95. The maximum atomic E-state index is 12.4. The Morgan fingerprint density at radius 3 is 2.30 bits per heavy atom. The molecule has 8 heteroatoms. The third-order valence-corrected chi connectivity index (χ3v) is 5.69. The quantitative estimate of drug-likeness (QED) is 0.615. The van der Waals surface area contributed by atoms with Crippen molar-refractivity contribution in [1.82, 2.24) is 4.98 Å². The fourth-order valence-electron chi connectivity index (χ4n) is 2.38. The second kappa shape index (κ2) is 7.89. The molecule has 0 radical (unpaired) electrons. The number of hydrogen-bond donors (Lipinski definition) is 2. The van der Waals surface area contributed by atoms with Crippen LogP contribution in [-0.2, 0) is 10.0 Å². The number of pyridine rings is 1. The van der Waals surface area contributed by atoms with E-state index in [-0.39, 0.29) is 10.8 Å². The summed E-state index contributed by atoms with van der Waals surface area (Å²) in [6, 6.07) is 14.4. The molecule has 2 aromatic carbocycles. The number of carbonyl (C=O) groups is 1. The number of amides is 1. The third-order valence-electron chi connectivity index (χ3n) is 3.80. The summed E-state index contributed by atoms with van der Waals surface area (Å²) < 4.78 is 28.2. The molecule has 0 aliphatic heterocycles. The highest BCUT2D eigenvalue weighted by atomic mass is 79.9. The van der Waals surface area contributed by atoms with Crippen LogP contribution in [0.25, 0.3) is 0 Å². The number of aryl methyl sites for hydroxylation is 1. The molecule has 1 amide bonds. The van der Waals surface area contributed by atoms with Gasteiger partial charge in [-0.2, -0.15) is 0 Å². The summed E-state index contributed by atoms with van der Waals surface area (Å²) in [5, 5.41) is 2.82. The molecular formula is C19H16BrN3O3S. The summed E-state index contributed by atoms with van der Waals surface area (Å²) in [7, 11) is -3.74. The van der Waals surface area contributed by atoms with Crippen molar-refractivity contribution < 1.29 is 13.2 Å². The first-order chi connectivity index (χ1) is 12.8. The van der Waals surface area contributed by atoms with E-state index in [1.807, 2.05) is 19.1 Å². The van der Waals surface area contributed by atoms with E-state index in [1.54, 1.807) is 18.2 Å². The summed E-state index contributed by atoms with van der Waals surface area (Å²) >= 11 is 3.38. The summed E-state index contributed by atoms with van der Waals surface area (Å²) in [6.07, 6.45) is 2.99. The maximum absolute atomic E-state index is 12.4. The van der Waals surface area contributed by atoms with Crippen molar-refractivity contribution in [3.8, 4) is 0 Å². The number of sulfonamides is 1. The van der Waals surface area contributed by atoms with E-state index in [9.17, 15) is 13.2 Å². The lowest BCUT2D eigenvalue weighted by molar-refractivity contribution is 0.102. The van der Waals surface area contributed by atoms with Gasteiger partial charge in [-0.15, -0.1) is 0 Å². The van der Waals surface area contributed by atoms with Crippen molar-refractivity contribution in [3.63, 3.8) is 0 Å². The Balaban J connectivity index is 1.75. The minimum absolute atomic E-state index is 0.0654. The Labute approximate surface area is 165 Å². The van der Waals surface area contributed by atoms with E-state index >= 15 is 0 Å². The van der Waals surface area contributed by atoms with Gasteiger partial charge >= 0.3 is 0 Å². The second-order valence-corrected chi connectivity index (χ2v) is 8.38. The molecule has 0 saturated heterocycles. The number of anilines is 2. The topological polar surface area (TPSA) is 88.2 Å². The van der Waals surface area contributed by atoms with E-state index in [2.05, 4.69) is 31.0 Å². The molecule has 0 aliphatic carbocycles. The molecule has 0 saturated carbocycles. The fourth-order valence-corrected chi connectivity index (χ4v) is 3.92. The molecule has 0 aliphatic rings. The zero-order valence-corrected chi connectivity index (χ0v) is 16.7. The van der Waals surface area contributed by atoms with Crippen molar-refractivity contribution in [1.29, 1.82) is 0 Å². The van der Waals surface area contributed by atoms with Gasteiger partial charge in [0, 0.05) is 28.1 Å². The molecule has 138 valence electrons. The van der Waals surface area contributed by atoms with Crippen LogP contribution in [0, 0.1) is 6.92 Å². The number of rotatable bonds is 5. The Hall–Kier alpha value is -2.71. The van der Waals surface area contributed by atoms with Gasteiger partial charge in [-0.3, -0.25) is 14.5 Å². The Kier molecular flexibility index (Phi) is 5.57. The van der Waals surface area contributed by atoms with Crippen molar-refractivity contribution in [3.05, 3.63) is 82.6 Å². The number of aromatic nitrogens is 1. The predicted octanol–water partition coefficient (Wildman–Crippen LogP) is 4.21. The highest BCUT2D eigenvalue weighted by molar-refractivity contribution is 9.10. The number of carbonyl (C=O) groups excluding carboxylic acids is 1. The van der Waals surface area contributed by atoms with Gasteiger partial charge in [0.25, 0.3) is 15.9 Å². The van der Waals surface area contributed by atoms with Crippen LogP contribution in [0.3, 0.4) is 0 Å². The molecular weight excluding hydrogens is 430 g/mol. The molecule has 1 heterocycles. The van der Waals surface area contributed by atoms with Crippen molar-refractivity contribution >= 4 is 43.2 Å². The fraction of sp³-hybridized carbons (Fsp3) is 0.0526. The molecule has 0 atom stereocenters. The monoisotopic (exact) mass is 445 g/mol. The molecule has 27 heavy (non-hydrogen) atoms. The van der Waals surface area contributed by atoms with Crippen molar-refractivity contribution in [2.24, 2.45) is 0 Å². The van der Waals surface area contributed by atoms with Crippen LogP contribution in [0.1, 0.15) is 15.9 Å². The smallest absolute Gasteiger partial charge is 0.261 e. The molecule has 1 aromatic heterocycles. The SMILES string of the molecule is Cc1cc(Br)ccc1NC(=O)c1ccc(S(=O)(=O)Nc2ccncc2)cc1. The number of benzene rings is 2. The average Bonchev–Trinajstić information content (AvgIpc) is 2.64. The predicted molar refractivity (Wildman–Crippen MR) is 108 cm³/mol. The van der Waals surface area contributed by atoms with Gasteiger partial charge in [0.1, 0.15) is 0 Å². The van der Waals surface area contributed by atoms with E-state index in [0.717, 1.165) is 10.0 Å². The highest BCUT2D eigenvalue weighted by Gasteiger charge is 2.15. The Morgan fingerprint density at radius 1 is 1.00 bits per heavy atom. The van der Waals surface area contributed by atoms with Gasteiger partial charge in [0.2, 0.25) is 0 Å². The van der Waals surface area contributed by atoms with Gasteiger partial charge < -0.3 is 5.32 Å². The van der Waals surface area contributed by atoms with Gasteiger partial charge in [-0.05, 0) is 67.1 Å². The van der Waals surface area contributed by atoms with Gasteiger partial charge in [0.15, 0.2) is 0 Å². The van der Waals surface area contributed by atoms with Gasteiger partial charge in [-0.1, -0.05) is 15.9 Å². The Morgan fingerprint density at radius 2 is 1.67 bits per heavy atom. The summed E-state index contributed by atoms with van der Waals surface area (Å²) in [4.78, 5) is 16.3. The first kappa shape index (κ1) is 19.1. The zero-order chi connectivity index (χ0) is 19.4. The summed E-state index contributed by atoms with van der Waals surface area (Å²) in [5.41, 5.74) is 2.38. The minimum atomic E-state index is -3.74. The summed E-state index contributed by atoms with van der Waals surface area (Å²) in [5.74, 6) is -0.313. The lowest BCUT2D eigenvalue weighted by Gasteiger charge is -2.10. The van der Waals surface area contributed by atoms with Crippen LogP contribution >= 0.6 is 15.9 Å². The lowest BCUT2D eigenvalue weighted by Crippen LogP contribution is -2.15. The average molecular weight is 446 g/mol. The van der Waals surface area contributed by atoms with Crippen LogP contribution in [0.15, 0.2) is 76.4 Å². The molecule has 6 nitrogen and oxygen atoms in total. The van der Waals surface area contributed by atoms with Crippen LogP contribution < -0.4 is 10.0 Å². The van der Waals surface area contributed by atoms with Crippen molar-refractivity contribution in [2.75, 3.05) is 10.0 Å². The largest absolute Gasteiger partial charge is 0.322 e. The van der Waals surface area contributed by atoms with Crippen LogP contribution in [-0.4, -0.2) is 19.3 Å². The number of halogens is 1. The maximum Gasteiger partial charge on any atom is 0.261 e. The second-order valence-electron chi connectivity index (χ2n) is 5.78. The summed E-state index contributed by atoms with van der Waals surface area (Å²) in [6.45, 7) is 1.89. The molecule has 3 aromatic rings. The van der Waals surface area contributed by atoms with Crippen molar-refractivity contribution in [2.45, 2.75) is 11.8 Å². The van der Waals surface area contributed by atoms with Gasteiger partial charge in [-0.25, -0.2) is 8.42 Å². The molecule has 0 unspecified atom stereocenters. The minimum Gasteiger partial charge on any atom is -0.322 e. The number of nitrogens with one attached hydrogen (secondary N) is 2. The molecule has 3 rings (SSSR count). The number of hydrogen-bond acceptors (Lipinski definition) is 4. The van der Waals surface area contributed by atoms with Crippen LogP contribution in [0.4, 0.5) is 11.4 Å². The van der Waals surface area contributed by atoms with E-state index in [1.165, 1.54) is 36.7 Å². The Bertz CT molecular complexity index is 1070. The van der Waals surface area contributed by atoms with Crippen LogP contribution in [0.5, 0.6) is 0 Å². The first-order valence-corrected chi connectivity index (χ1v) is 10.2. The van der Waals surface area contributed by atoms with Crippen LogP contribution in [0.2, 0.25) is 0 Å². The van der Waals surface area contributed by atoms with E-state index in [0.29, 0.717) is 16.9 Å². The lowest BCUT2D eigenvalue weighted by atomic mass is 10.1. The zero-order valence-electron chi connectivity index (χ0n) is 14.3. The van der Waals surface area contributed by atoms with E-state index < -0.39 is 10.0 Å². The number of nitrogens with zero attached hydrogens (tertiary/aromatic N) is 1.